The van der Waals surface area contributed by atoms with Crippen molar-refractivity contribution in [1.29, 1.82) is 0 Å². The van der Waals surface area contributed by atoms with E-state index in [1.165, 1.54) is 19.1 Å². The van der Waals surface area contributed by atoms with Gasteiger partial charge in [0.25, 0.3) is 5.56 Å². The molecule has 3 aromatic carbocycles. The van der Waals surface area contributed by atoms with Crippen molar-refractivity contribution >= 4 is 81.2 Å². The Balaban J connectivity index is 1.06. The van der Waals surface area contributed by atoms with Crippen molar-refractivity contribution in [3.63, 3.8) is 0 Å². The van der Waals surface area contributed by atoms with Gasteiger partial charge in [-0.05, 0) is 66.9 Å². The number of nitrogens with one attached hydrogen (secondary N) is 4. The number of halogens is 1. The number of aromatic amines is 1. The van der Waals surface area contributed by atoms with Gasteiger partial charge >= 0.3 is 6.03 Å². The van der Waals surface area contributed by atoms with E-state index in [-0.39, 0.29) is 35.4 Å². The fraction of sp³-hybridized carbons (Fsp3) is 0.316. The van der Waals surface area contributed by atoms with E-state index in [4.69, 9.17) is 5.73 Å². The van der Waals surface area contributed by atoms with Crippen LogP contribution >= 0.6 is 23.5 Å². The number of unbranched alkanes of at least 4 members (excludes halogenated alkanes) is 1. The first-order valence-electron chi connectivity index (χ1n) is 17.9. The smallest absolute Gasteiger partial charge is 0.326 e. The maximum absolute atomic E-state index is 13.7. The molecule has 18 heteroatoms. The van der Waals surface area contributed by atoms with Crippen LogP contribution in [-0.4, -0.2) is 90.4 Å². The Bertz CT molecular complexity index is 2260. The number of benzene rings is 3. The van der Waals surface area contributed by atoms with E-state index >= 15 is 0 Å². The molecular formula is C38H44FN11O4S2. The minimum absolute atomic E-state index is 0.0564. The summed E-state index contributed by atoms with van der Waals surface area (Å²) in [7, 11) is 7.93. The first-order chi connectivity index (χ1) is 26.8. The molecule has 56 heavy (non-hydrogen) atoms. The zero-order valence-corrected chi connectivity index (χ0v) is 33.3. The van der Waals surface area contributed by atoms with Crippen molar-refractivity contribution in [3.05, 3.63) is 82.4 Å². The van der Waals surface area contributed by atoms with E-state index in [0.29, 0.717) is 31.1 Å². The van der Waals surface area contributed by atoms with Gasteiger partial charge in [-0.3, -0.25) is 28.8 Å². The van der Waals surface area contributed by atoms with Crippen LogP contribution in [0.5, 0.6) is 0 Å². The highest BCUT2D eigenvalue weighted by Gasteiger charge is 2.29. The van der Waals surface area contributed by atoms with Gasteiger partial charge in [-0.25, -0.2) is 14.2 Å². The Kier molecular flexibility index (Phi) is 12.4. The lowest BCUT2D eigenvalue weighted by molar-refractivity contribution is -0.127. The second-order valence-corrected chi connectivity index (χ2v) is 15.6. The molecule has 1 aliphatic rings. The minimum atomic E-state index is -0.925. The molecule has 0 spiro atoms. The summed E-state index contributed by atoms with van der Waals surface area (Å²) in [5.41, 5.74) is 9.98. The molecular weight excluding hydrogens is 758 g/mol. The third kappa shape index (κ3) is 9.19. The Labute approximate surface area is 331 Å². The molecule has 15 nitrogen and oxygen atoms in total. The molecule has 0 bridgehead atoms. The molecule has 3 heterocycles. The van der Waals surface area contributed by atoms with Crippen LogP contribution in [-0.2, 0) is 16.1 Å². The lowest BCUT2D eigenvalue weighted by atomic mass is 10.2. The number of nitrogens with zero attached hydrogens (tertiary/aromatic N) is 6. The van der Waals surface area contributed by atoms with Crippen LogP contribution in [0.4, 0.5) is 37.9 Å². The lowest BCUT2D eigenvalue weighted by Crippen LogP contribution is -2.48. The van der Waals surface area contributed by atoms with Crippen molar-refractivity contribution in [3.8, 4) is 0 Å². The van der Waals surface area contributed by atoms with E-state index in [1.54, 1.807) is 33.4 Å². The number of nitrogens with two attached hydrogens (primary N) is 1. The third-order valence-electron chi connectivity index (χ3n) is 8.92. The molecule has 2 aromatic heterocycles. The first kappa shape index (κ1) is 39.9. The highest BCUT2D eigenvalue weighted by atomic mass is 32.2. The number of aromatic nitrogens is 4. The van der Waals surface area contributed by atoms with Crippen molar-refractivity contribution in [2.24, 2.45) is 0 Å². The molecule has 6 N–H and O–H groups in total. The number of urea groups is 1. The molecule has 0 fully saturated rings. The van der Waals surface area contributed by atoms with E-state index < -0.39 is 29.2 Å². The summed E-state index contributed by atoms with van der Waals surface area (Å²) in [6.45, 7) is 2.21. The summed E-state index contributed by atoms with van der Waals surface area (Å²) in [5, 5.41) is 8.99. The number of imidazole rings is 1. The number of nitrogen functional groups attached to an aromatic ring is 1. The number of carbonyl (C=O) groups excluding carboxylic acids is 3. The largest absolute Gasteiger partial charge is 0.378 e. The van der Waals surface area contributed by atoms with Gasteiger partial charge in [0.2, 0.25) is 17.8 Å². The predicted molar refractivity (Wildman–Crippen MR) is 220 cm³/mol. The molecule has 0 unspecified atom stereocenters. The highest BCUT2D eigenvalue weighted by Crippen LogP contribution is 2.50. The predicted octanol–water partition coefficient (Wildman–Crippen LogP) is 4.53. The minimum Gasteiger partial charge on any atom is -0.378 e. The standard InChI is InChI=1S/C38H44FN11O4S2/c1-22(51)43-27(21-55-38-44-32-33(45-36(40)46-35(32)53)49(38)20-23-8-10-24(39)11-9-23)34(52)41-16-6-7-17-42-37(54)50-28-14-12-25(47(2)3)18-30(28)56-31-19-26(48(4)5)13-15-29(31)50/h8-15,18-19,27H,6-7,16-17,20-21H2,1-5H3,(H,41,52)(H,42,54)(H,43,51)(H3,40,45,46,53)/t27-/m0/s1. The van der Waals surface area contributed by atoms with Crippen LogP contribution in [0, 0.1) is 5.82 Å². The van der Waals surface area contributed by atoms with Crippen LogP contribution in [0.1, 0.15) is 25.3 Å². The van der Waals surface area contributed by atoms with Crippen LogP contribution in [0.15, 0.2) is 80.4 Å². The molecule has 5 aromatic rings. The number of anilines is 5. The topological polar surface area (TPSA) is 187 Å². The maximum Gasteiger partial charge on any atom is 0.326 e. The number of H-pyrrole nitrogens is 1. The monoisotopic (exact) mass is 801 g/mol. The van der Waals surface area contributed by atoms with Crippen molar-refractivity contribution < 1.29 is 18.8 Å². The zero-order chi connectivity index (χ0) is 40.1. The van der Waals surface area contributed by atoms with Crippen molar-refractivity contribution in [1.82, 2.24) is 35.5 Å². The number of hydrogen-bond acceptors (Lipinski definition) is 11. The van der Waals surface area contributed by atoms with E-state index in [9.17, 15) is 23.6 Å². The average Bonchev–Trinajstić information content (AvgIpc) is 3.50. The molecule has 1 aliphatic heterocycles. The molecule has 294 valence electrons. The second kappa shape index (κ2) is 17.4. The summed E-state index contributed by atoms with van der Waals surface area (Å²) in [4.78, 5) is 70.7. The fourth-order valence-corrected chi connectivity index (χ4v) is 8.18. The van der Waals surface area contributed by atoms with Crippen LogP contribution in [0.3, 0.4) is 0 Å². The van der Waals surface area contributed by atoms with Gasteiger partial charge in [-0.1, -0.05) is 35.7 Å². The van der Waals surface area contributed by atoms with Gasteiger partial charge < -0.3 is 31.5 Å². The van der Waals surface area contributed by atoms with E-state index in [2.05, 4.69) is 43.0 Å². The Morgan fingerprint density at radius 2 is 1.52 bits per heavy atom. The summed E-state index contributed by atoms with van der Waals surface area (Å²) >= 11 is 2.79. The van der Waals surface area contributed by atoms with Crippen molar-refractivity contribution in [2.75, 3.05) is 67.5 Å². The summed E-state index contributed by atoms with van der Waals surface area (Å²) in [6, 6.07) is 16.8. The van der Waals surface area contributed by atoms with Crippen LogP contribution in [0.25, 0.3) is 11.2 Å². The molecule has 4 amide bonds. The Morgan fingerprint density at radius 3 is 2.11 bits per heavy atom. The highest BCUT2D eigenvalue weighted by molar-refractivity contribution is 7.99. The number of thioether (sulfide) groups is 1. The van der Waals surface area contributed by atoms with Gasteiger partial charge in [-0.15, -0.1) is 0 Å². The van der Waals surface area contributed by atoms with Gasteiger partial charge in [-0.2, -0.15) is 4.98 Å². The molecule has 6 rings (SSSR count). The van der Waals surface area contributed by atoms with Gasteiger partial charge in [0, 0.05) is 75.1 Å². The number of rotatable bonds is 14. The van der Waals surface area contributed by atoms with Crippen LogP contribution in [0.2, 0.25) is 0 Å². The SMILES string of the molecule is CC(=O)N[C@@H](CSc1nc2c(=O)[nH]c(N)nc2n1Cc1ccc(F)cc1)C(=O)NCCCCNC(=O)N1c2ccc(N(C)C)cc2Sc2cc(N(C)C)ccc21. The molecule has 1 atom stereocenters. The molecule has 0 saturated carbocycles. The summed E-state index contributed by atoms with van der Waals surface area (Å²) in [5.74, 6) is -1.18. The third-order valence-corrected chi connectivity index (χ3v) is 11.1. The number of amides is 4. The second-order valence-electron chi connectivity index (χ2n) is 13.6. The fourth-order valence-electron chi connectivity index (χ4n) is 6.04. The normalized spacial score (nSPS) is 12.4. The Hall–Kier alpha value is -5.75. The van der Waals surface area contributed by atoms with Gasteiger partial charge in [0.05, 0.1) is 17.9 Å². The van der Waals surface area contributed by atoms with E-state index in [0.717, 1.165) is 49.9 Å². The molecule has 0 aliphatic carbocycles. The molecule has 0 saturated heterocycles. The first-order valence-corrected chi connectivity index (χ1v) is 19.7. The van der Waals surface area contributed by atoms with Crippen molar-refractivity contribution in [2.45, 2.75) is 47.3 Å². The summed E-state index contributed by atoms with van der Waals surface area (Å²) < 4.78 is 15.3. The average molecular weight is 802 g/mol. The number of hydrogen-bond donors (Lipinski definition) is 5. The Morgan fingerprint density at radius 1 is 0.911 bits per heavy atom. The van der Waals surface area contributed by atoms with Crippen LogP contribution < -0.4 is 41.9 Å². The van der Waals surface area contributed by atoms with Gasteiger partial charge in [0.15, 0.2) is 16.3 Å². The van der Waals surface area contributed by atoms with E-state index in [1.807, 2.05) is 62.3 Å². The molecule has 0 radical (unpaired) electrons. The van der Waals surface area contributed by atoms with Gasteiger partial charge in [0.1, 0.15) is 11.9 Å². The quantitative estimate of drug-likeness (QED) is 0.0785. The number of carbonyl (C=O) groups is 3. The zero-order valence-electron chi connectivity index (χ0n) is 31.7. The number of fused-ring (bicyclic) bond motifs is 3. The lowest BCUT2D eigenvalue weighted by Gasteiger charge is -2.32. The summed E-state index contributed by atoms with van der Waals surface area (Å²) in [6.07, 6.45) is 1.15. The maximum atomic E-state index is 13.7.